The number of phenolic OH excluding ortho intramolecular Hbond substituents is 1. The maximum absolute atomic E-state index is 12.8. The Morgan fingerprint density at radius 3 is 2.50 bits per heavy atom. The average Bonchev–Trinajstić information content (AvgIpc) is 3.28. The van der Waals surface area contributed by atoms with Gasteiger partial charge in [-0.05, 0) is 85.3 Å². The number of carbonyl (C=O) groups is 1. The zero-order valence-corrected chi connectivity index (χ0v) is 20.8. The largest absolute Gasteiger partial charge is 0.573 e. The van der Waals surface area contributed by atoms with E-state index < -0.39 is 6.36 Å². The Kier molecular flexibility index (Phi) is 8.91. The van der Waals surface area contributed by atoms with E-state index in [0.717, 1.165) is 46.9 Å². The Labute approximate surface area is 218 Å². The van der Waals surface area contributed by atoms with Crippen molar-refractivity contribution in [2.24, 2.45) is 0 Å². The fourth-order valence-electron chi connectivity index (χ4n) is 4.32. The SMILES string of the molecule is O=C(NCCCCc1ccc(OC(F)(F)F)cc1)c1ccccc1CNCCc1c[nH]c2ccc(O)cc12. The van der Waals surface area contributed by atoms with Crippen molar-refractivity contribution in [2.75, 3.05) is 13.1 Å². The first-order chi connectivity index (χ1) is 18.3. The molecule has 4 rings (SSSR count). The van der Waals surface area contributed by atoms with Crippen LogP contribution in [-0.2, 0) is 19.4 Å². The lowest BCUT2D eigenvalue weighted by Crippen LogP contribution is -2.27. The van der Waals surface area contributed by atoms with Crippen molar-refractivity contribution in [1.82, 2.24) is 15.6 Å². The topological polar surface area (TPSA) is 86.4 Å². The number of phenols is 1. The molecule has 1 heterocycles. The molecule has 0 saturated heterocycles. The molecule has 4 aromatic rings. The Morgan fingerprint density at radius 2 is 1.71 bits per heavy atom. The van der Waals surface area contributed by atoms with Crippen LogP contribution in [0.4, 0.5) is 13.2 Å². The van der Waals surface area contributed by atoms with Gasteiger partial charge in [0.25, 0.3) is 5.91 Å². The Bertz CT molecular complexity index is 1350. The molecule has 6 nitrogen and oxygen atoms in total. The van der Waals surface area contributed by atoms with Gasteiger partial charge in [0.05, 0.1) is 0 Å². The molecule has 9 heteroatoms. The molecular weight excluding hydrogens is 495 g/mol. The summed E-state index contributed by atoms with van der Waals surface area (Å²) in [7, 11) is 0. The van der Waals surface area contributed by atoms with Crippen LogP contribution in [0.15, 0.2) is 72.9 Å². The predicted octanol–water partition coefficient (Wildman–Crippen LogP) is 5.86. The number of benzene rings is 3. The van der Waals surface area contributed by atoms with Crippen molar-refractivity contribution in [2.45, 2.75) is 38.6 Å². The summed E-state index contributed by atoms with van der Waals surface area (Å²) in [5, 5.41) is 17.1. The van der Waals surface area contributed by atoms with Crippen molar-refractivity contribution < 1.29 is 27.8 Å². The maximum Gasteiger partial charge on any atom is 0.573 e. The molecule has 4 N–H and O–H groups in total. The third kappa shape index (κ3) is 7.76. The van der Waals surface area contributed by atoms with Crippen LogP contribution in [0, 0.1) is 0 Å². The summed E-state index contributed by atoms with van der Waals surface area (Å²) >= 11 is 0. The highest BCUT2D eigenvalue weighted by atomic mass is 19.4. The van der Waals surface area contributed by atoms with Crippen LogP contribution >= 0.6 is 0 Å². The van der Waals surface area contributed by atoms with Gasteiger partial charge in [0.2, 0.25) is 0 Å². The average molecular weight is 526 g/mol. The number of carbonyl (C=O) groups excluding carboxylic acids is 1. The van der Waals surface area contributed by atoms with Crippen LogP contribution in [0.5, 0.6) is 11.5 Å². The van der Waals surface area contributed by atoms with Crippen molar-refractivity contribution in [3.63, 3.8) is 0 Å². The van der Waals surface area contributed by atoms with E-state index in [9.17, 15) is 23.1 Å². The first kappa shape index (κ1) is 27.1. The number of unbranched alkanes of at least 4 members (excludes halogenated alkanes) is 1. The van der Waals surface area contributed by atoms with Gasteiger partial charge in [0.1, 0.15) is 11.5 Å². The second kappa shape index (κ2) is 12.5. The van der Waals surface area contributed by atoms with E-state index in [4.69, 9.17) is 0 Å². The number of rotatable bonds is 12. The highest BCUT2D eigenvalue weighted by molar-refractivity contribution is 5.95. The molecule has 0 radical (unpaired) electrons. The molecule has 0 bridgehead atoms. The first-order valence-corrected chi connectivity index (χ1v) is 12.5. The fourth-order valence-corrected chi connectivity index (χ4v) is 4.32. The molecule has 0 aliphatic carbocycles. The summed E-state index contributed by atoms with van der Waals surface area (Å²) in [5.41, 5.74) is 4.53. The predicted molar refractivity (Wildman–Crippen MR) is 140 cm³/mol. The van der Waals surface area contributed by atoms with Crippen LogP contribution in [-0.4, -0.2) is 35.4 Å². The van der Waals surface area contributed by atoms with Crippen LogP contribution in [0.1, 0.15) is 39.9 Å². The van der Waals surface area contributed by atoms with Gasteiger partial charge in [0, 0.05) is 35.8 Å². The van der Waals surface area contributed by atoms with Crippen molar-refractivity contribution in [1.29, 1.82) is 0 Å². The molecule has 200 valence electrons. The number of aryl methyl sites for hydroxylation is 1. The Morgan fingerprint density at radius 1 is 0.921 bits per heavy atom. The number of aromatic nitrogens is 1. The molecule has 38 heavy (non-hydrogen) atoms. The number of nitrogens with one attached hydrogen (secondary N) is 3. The van der Waals surface area contributed by atoms with E-state index in [0.29, 0.717) is 31.6 Å². The molecule has 1 aromatic heterocycles. The quantitative estimate of drug-likeness (QED) is 0.175. The van der Waals surface area contributed by atoms with Gasteiger partial charge in [-0.2, -0.15) is 0 Å². The number of aromatic hydroxyl groups is 1. The molecule has 0 unspecified atom stereocenters. The van der Waals surface area contributed by atoms with Gasteiger partial charge in [-0.1, -0.05) is 30.3 Å². The highest BCUT2D eigenvalue weighted by Gasteiger charge is 2.30. The molecular formula is C29H30F3N3O3. The smallest absolute Gasteiger partial charge is 0.508 e. The summed E-state index contributed by atoms with van der Waals surface area (Å²) in [6.45, 7) is 1.76. The monoisotopic (exact) mass is 525 g/mol. The second-order valence-electron chi connectivity index (χ2n) is 9.03. The number of ether oxygens (including phenoxy) is 1. The van der Waals surface area contributed by atoms with Crippen LogP contribution in [0.3, 0.4) is 0 Å². The number of alkyl halides is 3. The molecule has 1 amide bonds. The molecule has 0 fully saturated rings. The summed E-state index contributed by atoms with van der Waals surface area (Å²) in [6.07, 6.45) is 0.249. The van der Waals surface area contributed by atoms with Gasteiger partial charge in [-0.3, -0.25) is 4.79 Å². The number of fused-ring (bicyclic) bond motifs is 1. The van der Waals surface area contributed by atoms with E-state index in [1.165, 1.54) is 12.1 Å². The van der Waals surface area contributed by atoms with Gasteiger partial charge < -0.3 is 25.5 Å². The number of aromatic amines is 1. The standard InChI is InChI=1S/C29H30F3N3O3/c30-29(31,32)38-24-11-8-20(9-12-24)5-3-4-15-34-28(37)25-7-2-1-6-21(25)18-33-16-14-22-19-35-27-13-10-23(36)17-26(22)27/h1-2,6-13,17,19,33,35-36H,3-5,14-16,18H2,(H,34,37). The normalized spacial score (nSPS) is 11.6. The molecule has 0 aliphatic rings. The van der Waals surface area contributed by atoms with Crippen molar-refractivity contribution in [3.8, 4) is 11.5 Å². The fraction of sp³-hybridized carbons (Fsp3) is 0.276. The summed E-state index contributed by atoms with van der Waals surface area (Å²) in [5.74, 6) is -0.136. The number of hydrogen-bond donors (Lipinski definition) is 4. The van der Waals surface area contributed by atoms with E-state index in [1.807, 2.05) is 30.5 Å². The Hall–Kier alpha value is -3.98. The number of H-pyrrole nitrogens is 1. The molecule has 0 spiro atoms. The van der Waals surface area contributed by atoms with Gasteiger partial charge in [0.15, 0.2) is 0 Å². The zero-order chi connectivity index (χ0) is 27.0. The molecule has 0 atom stereocenters. The molecule has 0 aliphatic heterocycles. The lowest BCUT2D eigenvalue weighted by molar-refractivity contribution is -0.274. The Balaban J connectivity index is 1.19. The van der Waals surface area contributed by atoms with E-state index in [-0.39, 0.29) is 17.4 Å². The van der Waals surface area contributed by atoms with Gasteiger partial charge in [-0.15, -0.1) is 13.2 Å². The minimum Gasteiger partial charge on any atom is -0.508 e. The van der Waals surface area contributed by atoms with Gasteiger partial charge >= 0.3 is 6.36 Å². The first-order valence-electron chi connectivity index (χ1n) is 12.5. The van der Waals surface area contributed by atoms with Crippen LogP contribution in [0.2, 0.25) is 0 Å². The molecule has 3 aromatic carbocycles. The summed E-state index contributed by atoms with van der Waals surface area (Å²) in [4.78, 5) is 16.0. The van der Waals surface area contributed by atoms with Crippen LogP contribution in [0.25, 0.3) is 10.9 Å². The highest BCUT2D eigenvalue weighted by Crippen LogP contribution is 2.24. The van der Waals surface area contributed by atoms with Crippen molar-refractivity contribution in [3.05, 3.63) is 95.2 Å². The summed E-state index contributed by atoms with van der Waals surface area (Å²) in [6, 6.07) is 18.6. The minimum absolute atomic E-state index is 0.136. The second-order valence-corrected chi connectivity index (χ2v) is 9.03. The number of halogens is 3. The van der Waals surface area contributed by atoms with E-state index >= 15 is 0 Å². The van der Waals surface area contributed by atoms with Gasteiger partial charge in [-0.25, -0.2) is 0 Å². The lowest BCUT2D eigenvalue weighted by Gasteiger charge is -2.11. The maximum atomic E-state index is 12.8. The lowest BCUT2D eigenvalue weighted by atomic mass is 10.1. The zero-order valence-electron chi connectivity index (χ0n) is 20.8. The minimum atomic E-state index is -4.70. The number of amides is 1. The van der Waals surface area contributed by atoms with E-state index in [1.54, 1.807) is 30.3 Å². The van der Waals surface area contributed by atoms with Crippen molar-refractivity contribution >= 4 is 16.8 Å². The third-order valence-corrected chi connectivity index (χ3v) is 6.23. The van der Waals surface area contributed by atoms with E-state index in [2.05, 4.69) is 20.4 Å². The number of hydrogen-bond acceptors (Lipinski definition) is 4. The third-order valence-electron chi connectivity index (χ3n) is 6.23. The summed E-state index contributed by atoms with van der Waals surface area (Å²) < 4.78 is 40.7. The van der Waals surface area contributed by atoms with Crippen LogP contribution < -0.4 is 15.4 Å². The molecule has 0 saturated carbocycles.